The van der Waals surface area contributed by atoms with Crippen molar-refractivity contribution in [1.82, 2.24) is 29.2 Å². The summed E-state index contributed by atoms with van der Waals surface area (Å²) in [6, 6.07) is 5.82. The zero-order valence-corrected chi connectivity index (χ0v) is 17.1. The van der Waals surface area contributed by atoms with Gasteiger partial charge in [0.1, 0.15) is 11.3 Å². The molecule has 0 radical (unpaired) electrons. The van der Waals surface area contributed by atoms with Crippen molar-refractivity contribution in [1.29, 1.82) is 0 Å². The number of carbonyl (C=O) groups is 1. The molecule has 1 aliphatic heterocycles. The van der Waals surface area contributed by atoms with E-state index in [1.165, 1.54) is 0 Å². The minimum atomic E-state index is 0.0311. The van der Waals surface area contributed by atoms with Crippen molar-refractivity contribution in [2.75, 3.05) is 13.1 Å². The molecule has 0 aliphatic carbocycles. The van der Waals surface area contributed by atoms with Gasteiger partial charge < -0.3 is 9.47 Å². The molecule has 7 heteroatoms. The molecule has 1 amide bonds. The van der Waals surface area contributed by atoms with Crippen LogP contribution in [-0.2, 0) is 20.0 Å². The first kappa shape index (κ1) is 18.7. The molecule has 7 nitrogen and oxygen atoms in total. The van der Waals surface area contributed by atoms with E-state index in [1.807, 2.05) is 43.3 Å². The number of aromatic nitrogens is 5. The average Bonchev–Trinajstić information content (AvgIpc) is 3.34. The molecule has 0 spiro atoms. The number of rotatable bonds is 5. The van der Waals surface area contributed by atoms with Crippen LogP contribution < -0.4 is 0 Å². The first-order chi connectivity index (χ1) is 13.4. The van der Waals surface area contributed by atoms with Gasteiger partial charge in [0.2, 0.25) is 0 Å². The summed E-state index contributed by atoms with van der Waals surface area (Å²) in [7, 11) is 1.87. The number of carbonyl (C=O) groups excluding carboxylic acids is 1. The molecule has 0 bridgehead atoms. The molecule has 0 saturated carbocycles. The smallest absolute Gasteiger partial charge is 0.274 e. The summed E-state index contributed by atoms with van der Waals surface area (Å²) >= 11 is 0. The second-order valence-electron chi connectivity index (χ2n) is 8.28. The maximum Gasteiger partial charge on any atom is 0.274 e. The normalized spacial score (nSPS) is 17.2. The van der Waals surface area contributed by atoms with Gasteiger partial charge in [-0.2, -0.15) is 5.10 Å². The largest absolute Gasteiger partial charge is 0.337 e. The van der Waals surface area contributed by atoms with Crippen molar-refractivity contribution in [3.8, 4) is 0 Å². The van der Waals surface area contributed by atoms with E-state index in [9.17, 15) is 4.79 Å². The summed E-state index contributed by atoms with van der Waals surface area (Å²) in [6.07, 6.45) is 3.69. The standard InChI is InChI=1S/C21H28N6O/c1-14(2)12-27-19(23-17-6-5-8-22-20(17)27)11-16-7-9-26(13-16)21(28)18-10-15(3)25(4)24-18/h5-6,8,10,14,16H,7,9,11-13H2,1-4H3/t16-/m1/s1. The van der Waals surface area contributed by atoms with Crippen molar-refractivity contribution >= 4 is 17.1 Å². The van der Waals surface area contributed by atoms with E-state index in [0.717, 1.165) is 55.2 Å². The molecule has 1 aliphatic rings. The number of pyridine rings is 1. The number of likely N-dealkylation sites (tertiary alicyclic amines) is 1. The fourth-order valence-corrected chi connectivity index (χ4v) is 3.99. The maximum atomic E-state index is 12.8. The highest BCUT2D eigenvalue weighted by atomic mass is 16.2. The quantitative estimate of drug-likeness (QED) is 0.682. The van der Waals surface area contributed by atoms with Crippen LogP contribution in [0.4, 0.5) is 0 Å². The minimum absolute atomic E-state index is 0.0311. The SMILES string of the molecule is Cc1cc(C(=O)N2CC[C@H](Cc3nc4cccnc4n3CC(C)C)C2)nn1C. The van der Waals surface area contributed by atoms with Gasteiger partial charge in [-0.1, -0.05) is 13.8 Å². The molecule has 1 atom stereocenters. The summed E-state index contributed by atoms with van der Waals surface area (Å²) in [5.41, 5.74) is 3.44. The van der Waals surface area contributed by atoms with Crippen LogP contribution in [0.3, 0.4) is 0 Å². The first-order valence-electron chi connectivity index (χ1n) is 10.0. The highest BCUT2D eigenvalue weighted by molar-refractivity contribution is 5.92. The molecular formula is C21H28N6O. The van der Waals surface area contributed by atoms with E-state index in [0.29, 0.717) is 17.5 Å². The van der Waals surface area contributed by atoms with Crippen LogP contribution in [0.5, 0.6) is 0 Å². The predicted octanol–water partition coefficient (Wildman–Crippen LogP) is 2.83. The second-order valence-corrected chi connectivity index (χ2v) is 8.28. The van der Waals surface area contributed by atoms with Crippen LogP contribution in [0.2, 0.25) is 0 Å². The number of aryl methyl sites for hydroxylation is 2. The molecule has 28 heavy (non-hydrogen) atoms. The van der Waals surface area contributed by atoms with E-state index in [1.54, 1.807) is 4.68 Å². The van der Waals surface area contributed by atoms with Crippen molar-refractivity contribution in [2.45, 2.75) is 40.2 Å². The van der Waals surface area contributed by atoms with E-state index >= 15 is 0 Å². The van der Waals surface area contributed by atoms with Crippen LogP contribution >= 0.6 is 0 Å². The number of amides is 1. The fraction of sp³-hybridized carbons (Fsp3) is 0.524. The fourth-order valence-electron chi connectivity index (χ4n) is 3.99. The van der Waals surface area contributed by atoms with Crippen LogP contribution in [0.1, 0.15) is 42.3 Å². The minimum Gasteiger partial charge on any atom is -0.337 e. The van der Waals surface area contributed by atoms with E-state index in [-0.39, 0.29) is 5.91 Å². The van der Waals surface area contributed by atoms with Crippen LogP contribution in [0.25, 0.3) is 11.2 Å². The van der Waals surface area contributed by atoms with Crippen LogP contribution in [-0.4, -0.2) is 48.2 Å². The Balaban J connectivity index is 1.50. The van der Waals surface area contributed by atoms with Gasteiger partial charge in [-0.05, 0) is 43.4 Å². The lowest BCUT2D eigenvalue weighted by atomic mass is 10.0. The number of imidazole rings is 1. The Hall–Kier alpha value is -2.70. The number of hydrogen-bond acceptors (Lipinski definition) is 4. The molecule has 1 fully saturated rings. The lowest BCUT2D eigenvalue weighted by Crippen LogP contribution is -2.29. The van der Waals surface area contributed by atoms with Gasteiger partial charge in [0.05, 0.1) is 0 Å². The molecule has 148 valence electrons. The summed E-state index contributed by atoms with van der Waals surface area (Å²) in [5, 5.41) is 4.34. The van der Waals surface area contributed by atoms with Gasteiger partial charge in [0, 0.05) is 45.0 Å². The molecule has 4 heterocycles. The van der Waals surface area contributed by atoms with Gasteiger partial charge in [-0.15, -0.1) is 0 Å². The van der Waals surface area contributed by atoms with E-state index in [2.05, 4.69) is 28.5 Å². The summed E-state index contributed by atoms with van der Waals surface area (Å²) in [4.78, 5) is 24.1. The van der Waals surface area contributed by atoms with Crippen LogP contribution in [0.15, 0.2) is 24.4 Å². The number of nitrogens with zero attached hydrogens (tertiary/aromatic N) is 6. The highest BCUT2D eigenvalue weighted by Crippen LogP contribution is 2.24. The topological polar surface area (TPSA) is 68.8 Å². The Morgan fingerprint density at radius 1 is 1.36 bits per heavy atom. The lowest BCUT2D eigenvalue weighted by Gasteiger charge is -2.16. The van der Waals surface area contributed by atoms with Gasteiger partial charge in [-0.25, -0.2) is 9.97 Å². The molecule has 0 unspecified atom stereocenters. The first-order valence-corrected chi connectivity index (χ1v) is 10.0. The Bertz CT molecular complexity index is 982. The highest BCUT2D eigenvalue weighted by Gasteiger charge is 2.30. The summed E-state index contributed by atoms with van der Waals surface area (Å²) in [6.45, 7) is 8.83. The molecule has 0 aromatic carbocycles. The third-order valence-electron chi connectivity index (χ3n) is 5.51. The van der Waals surface area contributed by atoms with Gasteiger partial charge in [-0.3, -0.25) is 9.48 Å². The van der Waals surface area contributed by atoms with Crippen molar-refractivity contribution in [3.63, 3.8) is 0 Å². The summed E-state index contributed by atoms with van der Waals surface area (Å²) < 4.78 is 4.01. The Kier molecular flexibility index (Phi) is 4.91. The van der Waals surface area contributed by atoms with Gasteiger partial charge in [0.25, 0.3) is 5.91 Å². The zero-order chi connectivity index (χ0) is 19.8. The Morgan fingerprint density at radius 3 is 2.89 bits per heavy atom. The molecule has 3 aromatic heterocycles. The Morgan fingerprint density at radius 2 is 2.18 bits per heavy atom. The molecule has 4 rings (SSSR count). The maximum absolute atomic E-state index is 12.8. The monoisotopic (exact) mass is 380 g/mol. The predicted molar refractivity (Wildman–Crippen MR) is 108 cm³/mol. The van der Waals surface area contributed by atoms with E-state index in [4.69, 9.17) is 4.98 Å². The summed E-state index contributed by atoms with van der Waals surface area (Å²) in [5.74, 6) is 2.04. The van der Waals surface area contributed by atoms with Gasteiger partial charge >= 0.3 is 0 Å². The molecular weight excluding hydrogens is 352 g/mol. The Labute approximate surface area is 165 Å². The third kappa shape index (κ3) is 3.53. The zero-order valence-electron chi connectivity index (χ0n) is 17.1. The van der Waals surface area contributed by atoms with E-state index < -0.39 is 0 Å². The average molecular weight is 380 g/mol. The molecule has 3 aromatic rings. The lowest BCUT2D eigenvalue weighted by molar-refractivity contribution is 0.0780. The van der Waals surface area contributed by atoms with Crippen molar-refractivity contribution in [2.24, 2.45) is 18.9 Å². The number of hydrogen-bond donors (Lipinski definition) is 0. The second kappa shape index (κ2) is 7.37. The van der Waals surface area contributed by atoms with Crippen LogP contribution in [0, 0.1) is 18.8 Å². The molecule has 0 N–H and O–H groups in total. The molecule has 1 saturated heterocycles. The number of fused-ring (bicyclic) bond motifs is 1. The van der Waals surface area contributed by atoms with Crippen molar-refractivity contribution < 1.29 is 4.79 Å². The third-order valence-corrected chi connectivity index (χ3v) is 5.51. The van der Waals surface area contributed by atoms with Gasteiger partial charge in [0.15, 0.2) is 11.3 Å². The van der Waals surface area contributed by atoms with Crippen molar-refractivity contribution in [3.05, 3.63) is 41.6 Å².